The Morgan fingerprint density at radius 2 is 1.78 bits per heavy atom. The van der Waals surface area contributed by atoms with E-state index >= 15 is 0 Å². The van der Waals surface area contributed by atoms with Crippen molar-refractivity contribution in [3.05, 3.63) is 65.7 Å². The van der Waals surface area contributed by atoms with Crippen LogP contribution >= 0.6 is 11.6 Å². The standard InChI is InChI=1S/C18H14ClNO3/c19-13-6-8-14(9-7-13)23-11-17(22)20-18-15-4-2-1-3-12(15)5-10-16(18)21/h1-10,21H,11H2,(H,20,22). The molecule has 23 heavy (non-hydrogen) atoms. The third-order valence-corrected chi connectivity index (χ3v) is 3.61. The second-order valence-corrected chi connectivity index (χ2v) is 5.41. The number of anilines is 1. The zero-order valence-electron chi connectivity index (χ0n) is 12.1. The third kappa shape index (κ3) is 3.55. The van der Waals surface area contributed by atoms with Gasteiger partial charge in [0.2, 0.25) is 0 Å². The van der Waals surface area contributed by atoms with E-state index in [9.17, 15) is 9.90 Å². The fourth-order valence-corrected chi connectivity index (χ4v) is 2.37. The number of carbonyl (C=O) groups is 1. The highest BCUT2D eigenvalue weighted by Gasteiger charge is 2.11. The summed E-state index contributed by atoms with van der Waals surface area (Å²) in [6, 6.07) is 17.6. The molecule has 0 fully saturated rings. The smallest absolute Gasteiger partial charge is 0.262 e. The molecular formula is C18H14ClNO3. The Bertz CT molecular complexity index is 847. The van der Waals surface area contributed by atoms with Gasteiger partial charge in [-0.1, -0.05) is 41.9 Å². The molecule has 0 atom stereocenters. The van der Waals surface area contributed by atoms with Crippen LogP contribution in [0.4, 0.5) is 5.69 Å². The van der Waals surface area contributed by atoms with Crippen molar-refractivity contribution in [2.75, 3.05) is 11.9 Å². The summed E-state index contributed by atoms with van der Waals surface area (Å²) in [7, 11) is 0. The topological polar surface area (TPSA) is 58.6 Å². The number of phenols is 1. The number of amides is 1. The molecule has 5 heteroatoms. The summed E-state index contributed by atoms with van der Waals surface area (Å²) < 4.78 is 5.39. The summed E-state index contributed by atoms with van der Waals surface area (Å²) in [5, 5.41) is 15.0. The number of hydrogen-bond acceptors (Lipinski definition) is 3. The Labute approximate surface area is 138 Å². The maximum absolute atomic E-state index is 12.1. The van der Waals surface area contributed by atoms with Gasteiger partial charge in [-0.15, -0.1) is 0 Å². The molecule has 1 amide bonds. The number of aromatic hydroxyl groups is 1. The monoisotopic (exact) mass is 327 g/mol. The van der Waals surface area contributed by atoms with Gasteiger partial charge in [0.05, 0.1) is 5.69 Å². The zero-order chi connectivity index (χ0) is 16.2. The molecule has 0 heterocycles. The van der Waals surface area contributed by atoms with E-state index in [1.807, 2.05) is 24.3 Å². The van der Waals surface area contributed by atoms with Crippen LogP contribution in [-0.4, -0.2) is 17.6 Å². The average Bonchev–Trinajstić information content (AvgIpc) is 2.57. The summed E-state index contributed by atoms with van der Waals surface area (Å²) >= 11 is 5.79. The van der Waals surface area contributed by atoms with Gasteiger partial charge in [0, 0.05) is 10.4 Å². The van der Waals surface area contributed by atoms with E-state index in [0.29, 0.717) is 16.5 Å². The lowest BCUT2D eigenvalue weighted by Gasteiger charge is -2.11. The summed E-state index contributed by atoms with van der Waals surface area (Å²) in [6.07, 6.45) is 0. The van der Waals surface area contributed by atoms with Crippen molar-refractivity contribution in [2.24, 2.45) is 0 Å². The van der Waals surface area contributed by atoms with Crippen molar-refractivity contribution < 1.29 is 14.6 Å². The van der Waals surface area contributed by atoms with Crippen LogP contribution in [0.25, 0.3) is 10.8 Å². The molecule has 4 nitrogen and oxygen atoms in total. The van der Waals surface area contributed by atoms with Crippen molar-refractivity contribution in [1.29, 1.82) is 0 Å². The van der Waals surface area contributed by atoms with Crippen LogP contribution in [-0.2, 0) is 4.79 Å². The molecule has 0 spiro atoms. The number of hydrogen-bond donors (Lipinski definition) is 2. The lowest BCUT2D eigenvalue weighted by Crippen LogP contribution is -2.20. The van der Waals surface area contributed by atoms with Crippen LogP contribution in [0, 0.1) is 0 Å². The Hall–Kier alpha value is -2.72. The van der Waals surface area contributed by atoms with E-state index in [2.05, 4.69) is 5.32 Å². The first-order valence-corrected chi connectivity index (χ1v) is 7.40. The first-order chi connectivity index (χ1) is 11.1. The number of benzene rings is 3. The summed E-state index contributed by atoms with van der Waals surface area (Å²) in [5.41, 5.74) is 0.382. The van der Waals surface area contributed by atoms with Gasteiger partial charge in [0.1, 0.15) is 11.5 Å². The third-order valence-electron chi connectivity index (χ3n) is 3.36. The fourth-order valence-electron chi connectivity index (χ4n) is 2.25. The van der Waals surface area contributed by atoms with Gasteiger partial charge < -0.3 is 15.2 Å². The Balaban J connectivity index is 1.73. The normalized spacial score (nSPS) is 10.5. The maximum Gasteiger partial charge on any atom is 0.262 e. The average molecular weight is 328 g/mol. The second kappa shape index (κ2) is 6.58. The molecule has 3 aromatic carbocycles. The lowest BCUT2D eigenvalue weighted by atomic mass is 10.1. The molecular weight excluding hydrogens is 314 g/mol. The molecule has 0 aliphatic rings. The van der Waals surface area contributed by atoms with Crippen LogP contribution in [0.5, 0.6) is 11.5 Å². The largest absolute Gasteiger partial charge is 0.506 e. The number of fused-ring (bicyclic) bond motifs is 1. The van der Waals surface area contributed by atoms with Crippen molar-refractivity contribution in [3.63, 3.8) is 0 Å². The lowest BCUT2D eigenvalue weighted by molar-refractivity contribution is -0.118. The second-order valence-electron chi connectivity index (χ2n) is 4.97. The van der Waals surface area contributed by atoms with E-state index in [-0.39, 0.29) is 18.3 Å². The molecule has 116 valence electrons. The Kier molecular flexibility index (Phi) is 4.35. The van der Waals surface area contributed by atoms with Gasteiger partial charge in [0.25, 0.3) is 5.91 Å². The number of carbonyl (C=O) groups excluding carboxylic acids is 1. The molecule has 0 saturated carbocycles. The molecule has 0 bridgehead atoms. The molecule has 3 aromatic rings. The fraction of sp³-hybridized carbons (Fsp3) is 0.0556. The molecule has 0 unspecified atom stereocenters. The Morgan fingerprint density at radius 1 is 1.04 bits per heavy atom. The van der Waals surface area contributed by atoms with Crippen molar-refractivity contribution in [1.82, 2.24) is 0 Å². The molecule has 0 aromatic heterocycles. The minimum absolute atomic E-state index is 0.0172. The van der Waals surface area contributed by atoms with Gasteiger partial charge in [-0.3, -0.25) is 4.79 Å². The highest BCUT2D eigenvalue weighted by atomic mass is 35.5. The van der Waals surface area contributed by atoms with Crippen LogP contribution in [0.15, 0.2) is 60.7 Å². The van der Waals surface area contributed by atoms with Crippen molar-refractivity contribution >= 4 is 34.0 Å². The minimum atomic E-state index is -0.355. The Morgan fingerprint density at radius 3 is 2.57 bits per heavy atom. The van der Waals surface area contributed by atoms with Crippen LogP contribution in [0.2, 0.25) is 5.02 Å². The van der Waals surface area contributed by atoms with Gasteiger partial charge in [-0.25, -0.2) is 0 Å². The number of ether oxygens (including phenoxy) is 1. The summed E-state index contributed by atoms with van der Waals surface area (Å²) in [4.78, 5) is 12.1. The zero-order valence-corrected chi connectivity index (χ0v) is 12.9. The van der Waals surface area contributed by atoms with Gasteiger partial charge >= 0.3 is 0 Å². The van der Waals surface area contributed by atoms with Gasteiger partial charge in [-0.05, 0) is 35.7 Å². The molecule has 0 aliphatic carbocycles. The number of halogens is 1. The van der Waals surface area contributed by atoms with Gasteiger partial charge in [0.15, 0.2) is 6.61 Å². The van der Waals surface area contributed by atoms with E-state index in [1.54, 1.807) is 36.4 Å². The van der Waals surface area contributed by atoms with Crippen LogP contribution < -0.4 is 10.1 Å². The van der Waals surface area contributed by atoms with Crippen LogP contribution in [0.3, 0.4) is 0 Å². The van der Waals surface area contributed by atoms with E-state index in [4.69, 9.17) is 16.3 Å². The van der Waals surface area contributed by atoms with E-state index < -0.39 is 0 Å². The number of rotatable bonds is 4. The van der Waals surface area contributed by atoms with E-state index in [1.165, 1.54) is 0 Å². The predicted octanol–water partition coefficient (Wildman–Crippen LogP) is 4.22. The van der Waals surface area contributed by atoms with Gasteiger partial charge in [-0.2, -0.15) is 0 Å². The number of nitrogens with one attached hydrogen (secondary N) is 1. The summed E-state index contributed by atoms with van der Waals surface area (Å²) in [6.45, 7) is -0.162. The first kappa shape index (κ1) is 15.2. The molecule has 0 saturated heterocycles. The summed E-state index contributed by atoms with van der Waals surface area (Å²) in [5.74, 6) is 0.210. The molecule has 2 N–H and O–H groups in total. The predicted molar refractivity (Wildman–Crippen MR) is 91.2 cm³/mol. The van der Waals surface area contributed by atoms with Crippen molar-refractivity contribution in [3.8, 4) is 11.5 Å². The quantitative estimate of drug-likeness (QED) is 0.705. The highest BCUT2D eigenvalue weighted by molar-refractivity contribution is 6.30. The highest BCUT2D eigenvalue weighted by Crippen LogP contribution is 2.32. The number of phenolic OH excluding ortho intramolecular Hbond substituents is 1. The van der Waals surface area contributed by atoms with Crippen molar-refractivity contribution in [2.45, 2.75) is 0 Å². The van der Waals surface area contributed by atoms with E-state index in [0.717, 1.165) is 10.8 Å². The first-order valence-electron chi connectivity index (χ1n) is 7.02. The van der Waals surface area contributed by atoms with Crippen LogP contribution in [0.1, 0.15) is 0 Å². The SMILES string of the molecule is O=C(COc1ccc(Cl)cc1)Nc1c(O)ccc2ccccc12. The molecule has 0 radical (unpaired) electrons. The maximum atomic E-state index is 12.1. The minimum Gasteiger partial charge on any atom is -0.506 e. The molecule has 3 rings (SSSR count). The molecule has 0 aliphatic heterocycles.